The van der Waals surface area contributed by atoms with Crippen LogP contribution in [0.25, 0.3) is 10.8 Å². The lowest BCUT2D eigenvalue weighted by atomic mass is 10.1. The number of nitrogens with two attached hydrogens (primary N) is 1. The topological polar surface area (TPSA) is 66.6 Å². The van der Waals surface area contributed by atoms with Gasteiger partial charge in [-0.3, -0.25) is 14.5 Å². The summed E-state index contributed by atoms with van der Waals surface area (Å²) in [4.78, 5) is 29.1. The van der Waals surface area contributed by atoms with Gasteiger partial charge in [0.15, 0.2) is 5.78 Å². The van der Waals surface area contributed by atoms with Gasteiger partial charge in [-0.25, -0.2) is 0 Å². The molecule has 1 aliphatic heterocycles. The first-order valence-electron chi connectivity index (χ1n) is 9.85. The number of ketones is 1. The van der Waals surface area contributed by atoms with E-state index in [-0.39, 0.29) is 18.2 Å². The monoisotopic (exact) mass is 367 g/mol. The first-order chi connectivity index (χ1) is 13.2. The smallest absolute Gasteiger partial charge is 0.237 e. The number of hydrogen-bond donors (Lipinski definition) is 1. The molecule has 1 amide bonds. The van der Waals surface area contributed by atoms with E-state index in [1.54, 1.807) is 4.90 Å². The Labute approximate surface area is 161 Å². The molecule has 1 fully saturated rings. The second kappa shape index (κ2) is 9.62. The lowest BCUT2D eigenvalue weighted by Crippen LogP contribution is -2.44. The maximum atomic E-state index is 12.9. The molecule has 0 saturated carbocycles. The molecule has 0 unspecified atom stereocenters. The molecule has 2 N–H and O–H groups in total. The van der Waals surface area contributed by atoms with Crippen LogP contribution in [0.15, 0.2) is 42.5 Å². The third-order valence-electron chi connectivity index (χ3n) is 5.12. The van der Waals surface area contributed by atoms with Crippen LogP contribution in [0.2, 0.25) is 0 Å². The Morgan fingerprint density at radius 3 is 2.59 bits per heavy atom. The molecule has 2 aromatic rings. The van der Waals surface area contributed by atoms with Crippen LogP contribution >= 0.6 is 0 Å². The highest BCUT2D eigenvalue weighted by Crippen LogP contribution is 2.17. The maximum Gasteiger partial charge on any atom is 0.237 e. The molecule has 2 aromatic carbocycles. The van der Waals surface area contributed by atoms with E-state index in [1.807, 2.05) is 18.2 Å². The fourth-order valence-corrected chi connectivity index (χ4v) is 3.62. The van der Waals surface area contributed by atoms with Crippen LogP contribution < -0.4 is 5.73 Å². The minimum absolute atomic E-state index is 0.0235. The number of fused-ring (bicyclic) bond motifs is 1. The Kier molecular flexibility index (Phi) is 6.96. The summed E-state index contributed by atoms with van der Waals surface area (Å²) >= 11 is 0. The van der Waals surface area contributed by atoms with E-state index in [4.69, 9.17) is 5.73 Å². The molecule has 1 heterocycles. The molecular weight excluding hydrogens is 338 g/mol. The van der Waals surface area contributed by atoms with Gasteiger partial charge in [0, 0.05) is 13.0 Å². The van der Waals surface area contributed by atoms with Gasteiger partial charge in [-0.15, -0.1) is 0 Å². The lowest BCUT2D eigenvalue weighted by molar-refractivity contribution is -0.137. The van der Waals surface area contributed by atoms with Crippen molar-refractivity contribution in [3.8, 4) is 0 Å². The second-order valence-corrected chi connectivity index (χ2v) is 7.35. The highest BCUT2D eigenvalue weighted by Gasteiger charge is 2.21. The van der Waals surface area contributed by atoms with E-state index >= 15 is 0 Å². The number of carbonyl (C=O) groups excluding carboxylic acids is 2. The standard InChI is InChI=1S/C22H29N3O2/c23-11-5-13-24-12-4-3-8-21(26)16-25(22(27)17-24)15-18-9-10-19-6-1-2-7-20(19)14-18/h1-2,6-7,9-10,14H,3-5,8,11-13,15-17,23H2. The third kappa shape index (κ3) is 5.62. The molecule has 0 spiro atoms. The highest BCUT2D eigenvalue weighted by molar-refractivity contribution is 5.87. The molecule has 1 aliphatic rings. The van der Waals surface area contributed by atoms with Crippen molar-refractivity contribution in [2.45, 2.75) is 32.2 Å². The Hall–Kier alpha value is -2.24. The predicted molar refractivity (Wildman–Crippen MR) is 108 cm³/mol. The number of hydrogen-bond acceptors (Lipinski definition) is 4. The van der Waals surface area contributed by atoms with E-state index in [2.05, 4.69) is 29.2 Å². The first-order valence-corrected chi connectivity index (χ1v) is 9.85. The molecule has 5 heteroatoms. The van der Waals surface area contributed by atoms with Gasteiger partial charge < -0.3 is 10.6 Å². The number of rotatable bonds is 5. The lowest BCUT2D eigenvalue weighted by Gasteiger charge is -2.28. The summed E-state index contributed by atoms with van der Waals surface area (Å²) < 4.78 is 0. The molecule has 0 aromatic heterocycles. The molecule has 0 aliphatic carbocycles. The number of nitrogens with zero attached hydrogens (tertiary/aromatic N) is 2. The van der Waals surface area contributed by atoms with Crippen LogP contribution in [-0.4, -0.2) is 54.2 Å². The van der Waals surface area contributed by atoms with Crippen LogP contribution in [0.3, 0.4) is 0 Å². The summed E-state index contributed by atoms with van der Waals surface area (Å²) in [6, 6.07) is 14.4. The van der Waals surface area contributed by atoms with Gasteiger partial charge in [-0.05, 0) is 61.3 Å². The van der Waals surface area contributed by atoms with Crippen LogP contribution in [0, 0.1) is 0 Å². The minimum atomic E-state index is 0.0235. The highest BCUT2D eigenvalue weighted by atomic mass is 16.2. The Morgan fingerprint density at radius 1 is 0.963 bits per heavy atom. The Bertz CT molecular complexity index is 790. The van der Waals surface area contributed by atoms with Crippen molar-refractivity contribution in [1.82, 2.24) is 9.80 Å². The molecule has 144 valence electrons. The fourth-order valence-electron chi connectivity index (χ4n) is 3.62. The molecule has 0 radical (unpaired) electrons. The summed E-state index contributed by atoms with van der Waals surface area (Å²) in [5.41, 5.74) is 6.69. The van der Waals surface area contributed by atoms with Crippen molar-refractivity contribution in [1.29, 1.82) is 0 Å². The van der Waals surface area contributed by atoms with E-state index in [0.717, 1.165) is 43.3 Å². The molecule has 0 atom stereocenters. The molecule has 5 nitrogen and oxygen atoms in total. The predicted octanol–water partition coefficient (Wildman–Crippen LogP) is 2.57. The summed E-state index contributed by atoms with van der Waals surface area (Å²) in [6.45, 7) is 3.35. The zero-order valence-electron chi connectivity index (χ0n) is 15.9. The van der Waals surface area contributed by atoms with E-state index in [9.17, 15) is 9.59 Å². The minimum Gasteiger partial charge on any atom is -0.330 e. The van der Waals surface area contributed by atoms with Crippen LogP contribution in [-0.2, 0) is 16.1 Å². The van der Waals surface area contributed by atoms with E-state index in [1.165, 1.54) is 5.39 Å². The quantitative estimate of drug-likeness (QED) is 0.882. The van der Waals surface area contributed by atoms with Gasteiger partial charge >= 0.3 is 0 Å². The number of carbonyl (C=O) groups is 2. The van der Waals surface area contributed by atoms with Crippen molar-refractivity contribution in [2.24, 2.45) is 5.73 Å². The number of amides is 1. The average molecular weight is 367 g/mol. The zero-order valence-corrected chi connectivity index (χ0v) is 15.9. The summed E-state index contributed by atoms with van der Waals surface area (Å²) in [5.74, 6) is 0.176. The van der Waals surface area contributed by atoms with Gasteiger partial charge in [0.2, 0.25) is 5.91 Å². The van der Waals surface area contributed by atoms with Crippen molar-refractivity contribution >= 4 is 22.5 Å². The van der Waals surface area contributed by atoms with Crippen molar-refractivity contribution in [3.63, 3.8) is 0 Å². The molecule has 0 bridgehead atoms. The van der Waals surface area contributed by atoms with Gasteiger partial charge in [0.25, 0.3) is 0 Å². The summed E-state index contributed by atoms with van der Waals surface area (Å²) in [5, 5.41) is 2.33. The fraction of sp³-hybridized carbons (Fsp3) is 0.455. The zero-order chi connectivity index (χ0) is 19.1. The average Bonchev–Trinajstić information content (AvgIpc) is 2.68. The largest absolute Gasteiger partial charge is 0.330 e. The first kappa shape index (κ1) is 19.5. The van der Waals surface area contributed by atoms with Crippen molar-refractivity contribution in [3.05, 3.63) is 48.0 Å². The van der Waals surface area contributed by atoms with Gasteiger partial charge in [0.1, 0.15) is 0 Å². The second-order valence-electron chi connectivity index (χ2n) is 7.35. The van der Waals surface area contributed by atoms with Crippen LogP contribution in [0.1, 0.15) is 31.2 Å². The van der Waals surface area contributed by atoms with Gasteiger partial charge in [-0.2, -0.15) is 0 Å². The van der Waals surface area contributed by atoms with E-state index < -0.39 is 0 Å². The number of benzene rings is 2. The van der Waals surface area contributed by atoms with Crippen molar-refractivity contribution < 1.29 is 9.59 Å². The number of Topliss-reactive ketones (excluding diaryl/α,β-unsaturated/α-hetero) is 1. The maximum absolute atomic E-state index is 12.9. The van der Waals surface area contributed by atoms with Gasteiger partial charge in [-0.1, -0.05) is 36.4 Å². The van der Waals surface area contributed by atoms with E-state index in [0.29, 0.717) is 26.1 Å². The third-order valence-corrected chi connectivity index (χ3v) is 5.12. The molecule has 27 heavy (non-hydrogen) atoms. The Balaban J connectivity index is 1.75. The SMILES string of the molecule is NCCCN1CCCCC(=O)CN(Cc2ccc3ccccc3c2)C(=O)C1. The summed E-state index contributed by atoms with van der Waals surface area (Å²) in [7, 11) is 0. The molecule has 3 rings (SSSR count). The van der Waals surface area contributed by atoms with Gasteiger partial charge in [0.05, 0.1) is 13.1 Å². The summed E-state index contributed by atoms with van der Waals surface area (Å²) in [6.07, 6.45) is 3.27. The van der Waals surface area contributed by atoms with Crippen LogP contribution in [0.5, 0.6) is 0 Å². The molecular formula is C22H29N3O2. The van der Waals surface area contributed by atoms with Crippen molar-refractivity contribution in [2.75, 3.05) is 32.7 Å². The van der Waals surface area contributed by atoms with Crippen LogP contribution in [0.4, 0.5) is 0 Å². The normalized spacial score (nSPS) is 17.4. The molecule has 1 saturated heterocycles. The Morgan fingerprint density at radius 2 is 1.78 bits per heavy atom.